The first-order chi connectivity index (χ1) is 8.62. The lowest BCUT2D eigenvalue weighted by molar-refractivity contribution is -0.125. The fraction of sp³-hybridized carbons (Fsp3) is 0.385. The number of rotatable bonds is 3. The van der Waals surface area contributed by atoms with Crippen molar-refractivity contribution in [1.29, 1.82) is 0 Å². The van der Waals surface area contributed by atoms with E-state index >= 15 is 0 Å². The molecule has 0 atom stereocenters. The van der Waals surface area contributed by atoms with Crippen molar-refractivity contribution in [1.82, 2.24) is 5.32 Å². The van der Waals surface area contributed by atoms with Crippen molar-refractivity contribution in [2.24, 2.45) is 5.41 Å². The van der Waals surface area contributed by atoms with Gasteiger partial charge in [-0.2, -0.15) is 0 Å². The lowest BCUT2D eigenvalue weighted by Gasteiger charge is -2.16. The summed E-state index contributed by atoms with van der Waals surface area (Å²) in [4.78, 5) is 23.1. The summed E-state index contributed by atoms with van der Waals surface area (Å²) in [5.41, 5.74) is -1.01. The van der Waals surface area contributed by atoms with Crippen molar-refractivity contribution in [3.05, 3.63) is 35.1 Å². The van der Waals surface area contributed by atoms with Crippen molar-refractivity contribution < 1.29 is 22.8 Å². The number of carbonyl (C=O) groups is 2. The Morgan fingerprint density at radius 2 is 1.58 bits per heavy atom. The van der Waals surface area contributed by atoms with Crippen LogP contribution in [0.3, 0.4) is 0 Å². The molecule has 0 fully saturated rings. The van der Waals surface area contributed by atoms with Crippen LogP contribution in [-0.2, 0) is 4.79 Å². The third-order valence-corrected chi connectivity index (χ3v) is 2.49. The van der Waals surface area contributed by atoms with Crippen LogP contribution in [0.15, 0.2) is 12.1 Å². The Hall–Kier alpha value is -1.85. The molecule has 0 spiro atoms. The zero-order valence-electron chi connectivity index (χ0n) is 10.8. The minimum atomic E-state index is -1.64. The monoisotopic (exact) mass is 273 g/mol. The Balaban J connectivity index is 2.78. The van der Waals surface area contributed by atoms with E-state index in [0.29, 0.717) is 12.1 Å². The number of benzene rings is 1. The molecule has 1 aromatic carbocycles. The van der Waals surface area contributed by atoms with Gasteiger partial charge in [-0.15, -0.1) is 0 Å². The van der Waals surface area contributed by atoms with Gasteiger partial charge in [-0.25, -0.2) is 13.2 Å². The Morgan fingerprint density at radius 1 is 1.11 bits per heavy atom. The quantitative estimate of drug-likeness (QED) is 0.860. The minimum absolute atomic E-state index is 0.232. The Kier molecular flexibility index (Phi) is 4.34. The number of nitrogens with one attached hydrogen (secondary N) is 1. The molecule has 6 heteroatoms. The molecule has 0 radical (unpaired) electrons. The van der Waals surface area contributed by atoms with Crippen LogP contribution in [0.2, 0.25) is 0 Å². The maximum Gasteiger partial charge on any atom is 0.251 e. The highest BCUT2D eigenvalue weighted by Gasteiger charge is 2.22. The van der Waals surface area contributed by atoms with Crippen LogP contribution in [-0.4, -0.2) is 18.2 Å². The van der Waals surface area contributed by atoms with E-state index in [0.717, 1.165) is 0 Å². The van der Waals surface area contributed by atoms with Gasteiger partial charge >= 0.3 is 0 Å². The molecular weight excluding hydrogens is 259 g/mol. The first-order valence-electron chi connectivity index (χ1n) is 5.59. The molecule has 1 aromatic rings. The van der Waals surface area contributed by atoms with Crippen molar-refractivity contribution in [2.45, 2.75) is 20.8 Å². The van der Waals surface area contributed by atoms with Crippen molar-refractivity contribution in [2.75, 3.05) is 6.54 Å². The summed E-state index contributed by atoms with van der Waals surface area (Å²) < 4.78 is 38.6. The van der Waals surface area contributed by atoms with E-state index in [1.165, 1.54) is 0 Å². The smallest absolute Gasteiger partial charge is 0.251 e. The number of hydrogen-bond donors (Lipinski definition) is 1. The Labute approximate surface area is 108 Å². The van der Waals surface area contributed by atoms with Gasteiger partial charge in [0.15, 0.2) is 23.2 Å². The van der Waals surface area contributed by atoms with Gasteiger partial charge < -0.3 is 5.32 Å². The molecule has 0 aliphatic carbocycles. The van der Waals surface area contributed by atoms with Gasteiger partial charge in [0.25, 0.3) is 5.91 Å². The molecule has 3 nitrogen and oxygen atoms in total. The maximum absolute atomic E-state index is 12.9. The van der Waals surface area contributed by atoms with Gasteiger partial charge in [0.05, 0.1) is 6.54 Å². The predicted molar refractivity (Wildman–Crippen MR) is 63.1 cm³/mol. The number of ketones is 1. The van der Waals surface area contributed by atoms with Crippen LogP contribution < -0.4 is 5.32 Å². The summed E-state index contributed by atoms with van der Waals surface area (Å²) in [7, 11) is 0. The summed E-state index contributed by atoms with van der Waals surface area (Å²) in [6.45, 7) is 4.78. The average molecular weight is 273 g/mol. The lowest BCUT2D eigenvalue weighted by atomic mass is 9.91. The molecule has 0 saturated heterocycles. The topological polar surface area (TPSA) is 46.2 Å². The summed E-state index contributed by atoms with van der Waals surface area (Å²) in [6.07, 6.45) is 0. The van der Waals surface area contributed by atoms with Gasteiger partial charge in [0.1, 0.15) is 0 Å². The van der Waals surface area contributed by atoms with Gasteiger partial charge in [-0.05, 0) is 12.1 Å². The van der Waals surface area contributed by atoms with Crippen LogP contribution in [0.1, 0.15) is 31.1 Å². The second-order valence-electron chi connectivity index (χ2n) is 5.11. The van der Waals surface area contributed by atoms with E-state index in [4.69, 9.17) is 0 Å². The number of Topliss-reactive ketones (excluding diaryl/α,β-unsaturated/α-hetero) is 1. The van der Waals surface area contributed by atoms with Crippen LogP contribution >= 0.6 is 0 Å². The largest absolute Gasteiger partial charge is 0.345 e. The standard InChI is InChI=1S/C13H14F3NO2/c1-13(2,3)10(18)6-17-12(19)7-4-8(14)11(16)9(15)5-7/h4-5H,6H2,1-3H3,(H,17,19). The van der Waals surface area contributed by atoms with E-state index < -0.39 is 28.8 Å². The number of amides is 1. The van der Waals surface area contributed by atoms with Crippen LogP contribution in [0.4, 0.5) is 13.2 Å². The van der Waals surface area contributed by atoms with Gasteiger partial charge in [-0.1, -0.05) is 20.8 Å². The highest BCUT2D eigenvalue weighted by atomic mass is 19.2. The van der Waals surface area contributed by atoms with E-state index in [-0.39, 0.29) is 17.9 Å². The Bertz CT molecular complexity index is 498. The molecule has 0 heterocycles. The molecule has 104 valence electrons. The van der Waals surface area contributed by atoms with Crippen LogP contribution in [0.5, 0.6) is 0 Å². The molecule has 0 unspecified atom stereocenters. The Morgan fingerprint density at radius 3 is 2.00 bits per heavy atom. The molecule has 1 amide bonds. The normalized spacial score (nSPS) is 11.3. The lowest BCUT2D eigenvalue weighted by Crippen LogP contribution is -2.35. The first kappa shape index (κ1) is 15.2. The summed E-state index contributed by atoms with van der Waals surface area (Å²) in [6, 6.07) is 1.16. The SMILES string of the molecule is CC(C)(C)C(=O)CNC(=O)c1cc(F)c(F)c(F)c1. The van der Waals surface area contributed by atoms with Gasteiger partial charge in [0.2, 0.25) is 0 Å². The minimum Gasteiger partial charge on any atom is -0.345 e. The summed E-state index contributed by atoms with van der Waals surface area (Å²) >= 11 is 0. The third-order valence-electron chi connectivity index (χ3n) is 2.49. The summed E-state index contributed by atoms with van der Waals surface area (Å²) in [5, 5.41) is 2.23. The zero-order chi connectivity index (χ0) is 14.8. The average Bonchev–Trinajstić information content (AvgIpc) is 2.30. The molecule has 0 aliphatic heterocycles. The number of hydrogen-bond acceptors (Lipinski definition) is 2. The fourth-order valence-electron chi connectivity index (χ4n) is 1.21. The van der Waals surface area contributed by atoms with E-state index in [9.17, 15) is 22.8 Å². The van der Waals surface area contributed by atoms with Crippen LogP contribution in [0, 0.1) is 22.9 Å². The molecule has 0 aromatic heterocycles. The maximum atomic E-state index is 12.9. The second-order valence-corrected chi connectivity index (χ2v) is 5.11. The van der Waals surface area contributed by atoms with Crippen molar-refractivity contribution in [3.8, 4) is 0 Å². The summed E-state index contributed by atoms with van der Waals surface area (Å²) in [5.74, 6) is -5.61. The fourth-order valence-corrected chi connectivity index (χ4v) is 1.21. The highest BCUT2D eigenvalue weighted by Crippen LogP contribution is 2.15. The van der Waals surface area contributed by atoms with Gasteiger partial charge in [0, 0.05) is 11.0 Å². The molecule has 19 heavy (non-hydrogen) atoms. The molecular formula is C13H14F3NO2. The van der Waals surface area contributed by atoms with Crippen molar-refractivity contribution >= 4 is 11.7 Å². The second kappa shape index (κ2) is 5.42. The van der Waals surface area contributed by atoms with E-state index in [1.807, 2.05) is 0 Å². The van der Waals surface area contributed by atoms with E-state index in [1.54, 1.807) is 20.8 Å². The molecule has 0 saturated carbocycles. The van der Waals surface area contributed by atoms with Crippen molar-refractivity contribution in [3.63, 3.8) is 0 Å². The molecule has 1 rings (SSSR count). The first-order valence-corrected chi connectivity index (χ1v) is 5.59. The highest BCUT2D eigenvalue weighted by molar-refractivity contribution is 5.97. The molecule has 0 bridgehead atoms. The zero-order valence-corrected chi connectivity index (χ0v) is 10.8. The van der Waals surface area contributed by atoms with Gasteiger partial charge in [-0.3, -0.25) is 9.59 Å². The number of carbonyl (C=O) groups excluding carboxylic acids is 2. The molecule has 1 N–H and O–H groups in total. The third kappa shape index (κ3) is 3.81. The van der Waals surface area contributed by atoms with Crippen LogP contribution in [0.25, 0.3) is 0 Å². The number of halogens is 3. The predicted octanol–water partition coefficient (Wildman–Crippen LogP) is 2.45. The molecule has 0 aliphatic rings. The van der Waals surface area contributed by atoms with E-state index in [2.05, 4.69) is 5.32 Å².